The van der Waals surface area contributed by atoms with E-state index in [0.717, 1.165) is 17.0 Å². The molecule has 1 aliphatic rings. The second-order valence-electron chi connectivity index (χ2n) is 7.26. The average molecular weight is 439 g/mol. The lowest BCUT2D eigenvalue weighted by atomic mass is 10.1. The van der Waals surface area contributed by atoms with Crippen molar-refractivity contribution in [2.45, 2.75) is 6.54 Å². The van der Waals surface area contributed by atoms with Crippen LogP contribution >= 0.6 is 11.6 Å². The first-order chi connectivity index (χ1) is 15.0. The van der Waals surface area contributed by atoms with Gasteiger partial charge in [0.2, 0.25) is 5.91 Å². The third kappa shape index (κ3) is 4.72. The maximum Gasteiger partial charge on any atom is 0.267 e. The van der Waals surface area contributed by atoms with Crippen molar-refractivity contribution in [2.24, 2.45) is 0 Å². The van der Waals surface area contributed by atoms with Gasteiger partial charge in [-0.25, -0.2) is 4.68 Å². The number of aromatic nitrogens is 2. The highest BCUT2D eigenvalue weighted by atomic mass is 35.5. The first-order valence-electron chi connectivity index (χ1n) is 10.0. The fraction of sp³-hybridized carbons (Fsp3) is 0.261. The van der Waals surface area contributed by atoms with Gasteiger partial charge in [0, 0.05) is 42.8 Å². The van der Waals surface area contributed by atoms with Gasteiger partial charge in [-0.2, -0.15) is 5.10 Å². The molecule has 0 aliphatic carbocycles. The topological polar surface area (TPSA) is 67.7 Å². The molecule has 0 saturated carbocycles. The third-order valence-corrected chi connectivity index (χ3v) is 5.60. The lowest BCUT2D eigenvalue weighted by Gasteiger charge is -2.36. The minimum absolute atomic E-state index is 0.0884. The molecule has 0 bridgehead atoms. The molecule has 3 aromatic rings. The van der Waals surface area contributed by atoms with E-state index in [1.807, 2.05) is 36.4 Å². The van der Waals surface area contributed by atoms with Crippen LogP contribution in [0.3, 0.4) is 0 Å². The Kier molecular flexibility index (Phi) is 6.23. The number of rotatable bonds is 5. The van der Waals surface area contributed by atoms with Crippen LogP contribution in [0.1, 0.15) is 0 Å². The molecule has 1 aliphatic heterocycles. The Morgan fingerprint density at radius 2 is 1.71 bits per heavy atom. The summed E-state index contributed by atoms with van der Waals surface area (Å²) in [5.74, 6) is 0.694. The number of nitrogens with zero attached hydrogens (tertiary/aromatic N) is 4. The Balaban J connectivity index is 1.43. The van der Waals surface area contributed by atoms with Crippen LogP contribution in [0.15, 0.2) is 65.5 Å². The molecule has 4 rings (SSSR count). The van der Waals surface area contributed by atoms with Gasteiger partial charge in [0.25, 0.3) is 5.56 Å². The number of hydrogen-bond acceptors (Lipinski definition) is 5. The van der Waals surface area contributed by atoms with Gasteiger partial charge < -0.3 is 14.5 Å². The summed E-state index contributed by atoms with van der Waals surface area (Å²) < 4.78 is 6.66. The van der Waals surface area contributed by atoms with Crippen molar-refractivity contribution in [1.29, 1.82) is 0 Å². The number of hydrogen-bond donors (Lipinski definition) is 0. The number of carbonyl (C=O) groups excluding carboxylic acids is 1. The van der Waals surface area contributed by atoms with E-state index in [1.54, 1.807) is 30.2 Å². The summed E-state index contributed by atoms with van der Waals surface area (Å²) in [6.07, 6.45) is 0. The van der Waals surface area contributed by atoms with Gasteiger partial charge >= 0.3 is 0 Å². The van der Waals surface area contributed by atoms with E-state index in [2.05, 4.69) is 10.00 Å². The molecule has 8 heteroatoms. The van der Waals surface area contributed by atoms with Crippen molar-refractivity contribution in [2.75, 3.05) is 38.2 Å². The summed E-state index contributed by atoms with van der Waals surface area (Å²) in [4.78, 5) is 29.1. The average Bonchev–Trinajstić information content (AvgIpc) is 2.81. The molecule has 0 N–H and O–H groups in total. The molecule has 2 heterocycles. The third-order valence-electron chi connectivity index (χ3n) is 5.35. The monoisotopic (exact) mass is 438 g/mol. The highest BCUT2D eigenvalue weighted by Crippen LogP contribution is 2.28. The number of carbonyl (C=O) groups is 1. The van der Waals surface area contributed by atoms with Crippen molar-refractivity contribution in [3.05, 3.63) is 76.0 Å². The molecule has 1 amide bonds. The van der Waals surface area contributed by atoms with E-state index >= 15 is 0 Å². The van der Waals surface area contributed by atoms with E-state index in [0.29, 0.717) is 36.9 Å². The van der Waals surface area contributed by atoms with Gasteiger partial charge in [0.1, 0.15) is 12.3 Å². The quantitative estimate of drug-likeness (QED) is 0.612. The van der Waals surface area contributed by atoms with Gasteiger partial charge in [0.15, 0.2) is 0 Å². The standard InChI is InChI=1S/C23H23ClN4O3/c1-31-21-5-3-2-4-20(21)26-12-14-27(15-13-26)23(30)16-28-22(29)11-10-19(25-28)17-6-8-18(24)9-7-17/h2-11H,12-16H2,1H3. The molecule has 31 heavy (non-hydrogen) atoms. The summed E-state index contributed by atoms with van der Waals surface area (Å²) >= 11 is 5.94. The van der Waals surface area contributed by atoms with Crippen LogP contribution in [0.4, 0.5) is 5.69 Å². The first kappa shape index (κ1) is 20.9. The lowest BCUT2D eigenvalue weighted by Crippen LogP contribution is -2.50. The van der Waals surface area contributed by atoms with Crippen LogP contribution in [0, 0.1) is 0 Å². The van der Waals surface area contributed by atoms with Crippen molar-refractivity contribution in [3.63, 3.8) is 0 Å². The normalized spacial score (nSPS) is 13.9. The van der Waals surface area contributed by atoms with Crippen LogP contribution in [-0.2, 0) is 11.3 Å². The number of ether oxygens (including phenoxy) is 1. The molecule has 0 radical (unpaired) electrons. The molecule has 1 saturated heterocycles. The maximum atomic E-state index is 12.8. The summed E-state index contributed by atoms with van der Waals surface area (Å²) in [5, 5.41) is 5.00. The van der Waals surface area contributed by atoms with Crippen LogP contribution in [0.5, 0.6) is 5.75 Å². The van der Waals surface area contributed by atoms with Gasteiger partial charge in [-0.05, 0) is 30.3 Å². The fourth-order valence-corrected chi connectivity index (χ4v) is 3.78. The Morgan fingerprint density at radius 1 is 1.00 bits per heavy atom. The highest BCUT2D eigenvalue weighted by molar-refractivity contribution is 6.30. The number of piperazine rings is 1. The summed E-state index contributed by atoms with van der Waals surface area (Å²) in [7, 11) is 1.65. The number of anilines is 1. The van der Waals surface area contributed by atoms with E-state index in [4.69, 9.17) is 16.3 Å². The van der Waals surface area contributed by atoms with Crippen molar-refractivity contribution in [1.82, 2.24) is 14.7 Å². The lowest BCUT2D eigenvalue weighted by molar-refractivity contribution is -0.132. The Labute approximate surface area is 185 Å². The largest absolute Gasteiger partial charge is 0.495 e. The number of halogens is 1. The smallest absolute Gasteiger partial charge is 0.267 e. The molecule has 2 aromatic carbocycles. The van der Waals surface area contributed by atoms with Crippen molar-refractivity contribution >= 4 is 23.2 Å². The zero-order chi connectivity index (χ0) is 21.8. The molecular formula is C23H23ClN4O3. The van der Waals surface area contributed by atoms with Crippen LogP contribution in [0.25, 0.3) is 11.3 Å². The van der Waals surface area contributed by atoms with Gasteiger partial charge in [-0.3, -0.25) is 9.59 Å². The van der Waals surface area contributed by atoms with Crippen LogP contribution < -0.4 is 15.2 Å². The minimum Gasteiger partial charge on any atom is -0.495 e. The maximum absolute atomic E-state index is 12.8. The zero-order valence-corrected chi connectivity index (χ0v) is 18.0. The number of methoxy groups -OCH3 is 1. The molecule has 1 aromatic heterocycles. The number of amides is 1. The first-order valence-corrected chi connectivity index (χ1v) is 10.4. The van der Waals surface area contributed by atoms with Gasteiger partial charge in [0.05, 0.1) is 18.5 Å². The van der Waals surface area contributed by atoms with Crippen molar-refractivity contribution in [3.8, 4) is 17.0 Å². The van der Waals surface area contributed by atoms with E-state index in [1.165, 1.54) is 10.7 Å². The van der Waals surface area contributed by atoms with Crippen molar-refractivity contribution < 1.29 is 9.53 Å². The van der Waals surface area contributed by atoms with E-state index in [-0.39, 0.29) is 18.0 Å². The van der Waals surface area contributed by atoms with E-state index < -0.39 is 0 Å². The van der Waals surface area contributed by atoms with E-state index in [9.17, 15) is 9.59 Å². The Bertz CT molecular complexity index is 1120. The highest BCUT2D eigenvalue weighted by Gasteiger charge is 2.23. The Hall–Kier alpha value is -3.32. The fourth-order valence-electron chi connectivity index (χ4n) is 3.65. The predicted molar refractivity (Wildman–Crippen MR) is 121 cm³/mol. The van der Waals surface area contributed by atoms with Crippen LogP contribution in [0.2, 0.25) is 5.02 Å². The number of para-hydroxylation sites is 2. The second kappa shape index (κ2) is 9.22. The summed E-state index contributed by atoms with van der Waals surface area (Å²) in [6, 6.07) is 18.1. The molecule has 0 atom stereocenters. The predicted octanol–water partition coefficient (Wildman–Crippen LogP) is 2.92. The summed E-state index contributed by atoms with van der Waals surface area (Å²) in [6.45, 7) is 2.44. The number of benzene rings is 2. The van der Waals surface area contributed by atoms with Gasteiger partial charge in [-0.1, -0.05) is 35.9 Å². The SMILES string of the molecule is COc1ccccc1N1CCN(C(=O)Cn2nc(-c3ccc(Cl)cc3)ccc2=O)CC1. The molecule has 7 nitrogen and oxygen atoms in total. The molecule has 0 unspecified atom stereocenters. The minimum atomic E-state index is -0.307. The molecule has 0 spiro atoms. The second-order valence-corrected chi connectivity index (χ2v) is 7.70. The zero-order valence-electron chi connectivity index (χ0n) is 17.2. The molecule has 1 fully saturated rings. The van der Waals surface area contributed by atoms with Gasteiger partial charge in [-0.15, -0.1) is 0 Å². The van der Waals surface area contributed by atoms with Crippen LogP contribution in [-0.4, -0.2) is 53.9 Å². The summed E-state index contributed by atoms with van der Waals surface area (Å²) in [5.41, 5.74) is 2.16. The Morgan fingerprint density at radius 3 is 2.42 bits per heavy atom. The molecular weight excluding hydrogens is 416 g/mol. The molecule has 160 valence electrons.